The molecule has 1 amide bonds. The molecule has 3 heterocycles. The van der Waals surface area contributed by atoms with Gasteiger partial charge in [-0.05, 0) is 43.5 Å². The second kappa shape index (κ2) is 7.08. The molecule has 1 fully saturated rings. The lowest BCUT2D eigenvalue weighted by Gasteiger charge is -2.27. The van der Waals surface area contributed by atoms with Crippen molar-refractivity contribution in [1.82, 2.24) is 0 Å². The van der Waals surface area contributed by atoms with E-state index in [4.69, 9.17) is 4.42 Å². The lowest BCUT2D eigenvalue weighted by molar-refractivity contribution is -0.114. The van der Waals surface area contributed by atoms with Crippen LogP contribution in [0.2, 0.25) is 0 Å². The van der Waals surface area contributed by atoms with Crippen molar-refractivity contribution in [2.24, 2.45) is 0 Å². The molecule has 3 aliphatic rings. The first kappa shape index (κ1) is 17.6. The maximum absolute atomic E-state index is 11.7. The Bertz CT molecular complexity index is 1020. The molecule has 0 radical (unpaired) electrons. The molecule has 1 aromatic rings. The summed E-state index contributed by atoms with van der Waals surface area (Å²) in [7, 11) is 0. The standard InChI is InChI=1S/C20H20N2O4S/c1-12(23)21-18-14-6-5-13(24)11-15(14)26-20(19(18)25)16-7-8-17(27-16)22-9-3-2-4-10-22/h5-8,11,25H,2-4,9-10H2,1H3,(H,21,23). The van der Waals surface area contributed by atoms with Gasteiger partial charge in [-0.3, -0.25) is 9.59 Å². The lowest BCUT2D eigenvalue weighted by Crippen LogP contribution is -2.28. The van der Waals surface area contributed by atoms with Crippen molar-refractivity contribution in [3.63, 3.8) is 0 Å². The van der Waals surface area contributed by atoms with Crippen LogP contribution in [0.25, 0.3) is 22.0 Å². The molecule has 27 heavy (non-hydrogen) atoms. The van der Waals surface area contributed by atoms with Crippen molar-refractivity contribution in [3.8, 4) is 27.7 Å². The van der Waals surface area contributed by atoms with E-state index < -0.39 is 0 Å². The van der Waals surface area contributed by atoms with Crippen LogP contribution >= 0.6 is 11.3 Å². The predicted octanol–water partition coefficient (Wildman–Crippen LogP) is 4.13. The molecule has 0 spiro atoms. The molecule has 0 unspecified atom stereocenters. The van der Waals surface area contributed by atoms with Crippen molar-refractivity contribution in [3.05, 3.63) is 40.6 Å². The minimum Gasteiger partial charge on any atom is -0.503 e. The molecular weight excluding hydrogens is 364 g/mol. The highest BCUT2D eigenvalue weighted by Gasteiger charge is 2.23. The molecule has 2 aliphatic heterocycles. The van der Waals surface area contributed by atoms with Crippen LogP contribution < -0.4 is 15.6 Å². The zero-order valence-electron chi connectivity index (χ0n) is 14.9. The SMILES string of the molecule is CC(=O)Nc1c2ccc(=O)cc-2oc(-c2ccc(N3CCCCC3)s2)c1O. The first-order valence-corrected chi connectivity index (χ1v) is 9.77. The number of rotatable bonds is 3. The van der Waals surface area contributed by atoms with Gasteiger partial charge in [0.1, 0.15) is 5.76 Å². The fraction of sp³-hybridized carbons (Fsp3) is 0.300. The van der Waals surface area contributed by atoms with Gasteiger partial charge in [0.15, 0.2) is 16.9 Å². The van der Waals surface area contributed by atoms with Crippen molar-refractivity contribution < 1.29 is 14.3 Å². The Morgan fingerprint density at radius 1 is 1.19 bits per heavy atom. The van der Waals surface area contributed by atoms with E-state index in [2.05, 4.69) is 10.2 Å². The Kier molecular flexibility index (Phi) is 4.61. The van der Waals surface area contributed by atoms with Gasteiger partial charge in [0, 0.05) is 31.6 Å². The molecule has 2 N–H and O–H groups in total. The number of hydrogen-bond acceptors (Lipinski definition) is 6. The Balaban J connectivity index is 1.83. The van der Waals surface area contributed by atoms with Crippen LogP contribution in [-0.2, 0) is 4.79 Å². The van der Waals surface area contributed by atoms with Crippen LogP contribution in [0.3, 0.4) is 0 Å². The van der Waals surface area contributed by atoms with E-state index in [1.165, 1.54) is 49.7 Å². The quantitative estimate of drug-likeness (QED) is 0.710. The number of carbonyl (C=O) groups is 1. The van der Waals surface area contributed by atoms with Crippen LogP contribution in [-0.4, -0.2) is 24.1 Å². The van der Waals surface area contributed by atoms with Crippen LogP contribution in [0.4, 0.5) is 10.7 Å². The van der Waals surface area contributed by atoms with E-state index in [0.717, 1.165) is 23.0 Å². The molecule has 6 nitrogen and oxygen atoms in total. The summed E-state index contributed by atoms with van der Waals surface area (Å²) < 4.78 is 5.87. The summed E-state index contributed by atoms with van der Waals surface area (Å²) in [6, 6.07) is 8.21. The van der Waals surface area contributed by atoms with Gasteiger partial charge in [-0.15, -0.1) is 11.3 Å². The van der Waals surface area contributed by atoms with Gasteiger partial charge in [-0.25, -0.2) is 0 Å². The van der Waals surface area contributed by atoms with E-state index in [9.17, 15) is 14.7 Å². The zero-order chi connectivity index (χ0) is 19.0. The zero-order valence-corrected chi connectivity index (χ0v) is 15.8. The highest BCUT2D eigenvalue weighted by atomic mass is 32.1. The fourth-order valence-electron chi connectivity index (χ4n) is 3.40. The Morgan fingerprint density at radius 3 is 2.70 bits per heavy atom. The number of piperidine rings is 1. The largest absolute Gasteiger partial charge is 0.503 e. The maximum atomic E-state index is 11.7. The van der Waals surface area contributed by atoms with Gasteiger partial charge in [0.25, 0.3) is 0 Å². The Morgan fingerprint density at radius 2 is 1.96 bits per heavy atom. The van der Waals surface area contributed by atoms with Crippen molar-refractivity contribution >= 4 is 27.9 Å². The summed E-state index contributed by atoms with van der Waals surface area (Å²) in [5.41, 5.74) is 0.544. The van der Waals surface area contributed by atoms with Crippen molar-refractivity contribution in [1.29, 1.82) is 0 Å². The molecule has 1 saturated heterocycles. The second-order valence-electron chi connectivity index (χ2n) is 6.68. The predicted molar refractivity (Wildman–Crippen MR) is 107 cm³/mol. The summed E-state index contributed by atoms with van der Waals surface area (Å²) in [4.78, 5) is 26.4. The highest BCUT2D eigenvalue weighted by Crippen LogP contribution is 2.47. The third kappa shape index (κ3) is 3.42. The van der Waals surface area contributed by atoms with Crippen molar-refractivity contribution in [2.45, 2.75) is 26.2 Å². The number of thiophene rings is 1. The van der Waals surface area contributed by atoms with E-state index in [-0.39, 0.29) is 28.5 Å². The number of nitrogens with zero attached hydrogens (tertiary/aromatic N) is 1. The monoisotopic (exact) mass is 384 g/mol. The number of amides is 1. The van der Waals surface area contributed by atoms with Crippen molar-refractivity contribution in [2.75, 3.05) is 23.3 Å². The molecule has 140 valence electrons. The van der Waals surface area contributed by atoms with E-state index >= 15 is 0 Å². The highest BCUT2D eigenvalue weighted by molar-refractivity contribution is 7.19. The lowest BCUT2D eigenvalue weighted by atomic mass is 10.1. The maximum Gasteiger partial charge on any atom is 0.221 e. The number of nitrogens with one attached hydrogen (secondary N) is 1. The summed E-state index contributed by atoms with van der Waals surface area (Å²) in [6.07, 6.45) is 3.61. The van der Waals surface area contributed by atoms with Gasteiger partial charge in [0.05, 0.1) is 15.6 Å². The normalized spacial score (nSPS) is 14.5. The summed E-state index contributed by atoms with van der Waals surface area (Å²) in [6.45, 7) is 3.42. The average molecular weight is 384 g/mol. The number of benzene rings is 1. The first-order valence-electron chi connectivity index (χ1n) is 8.95. The molecule has 0 atom stereocenters. The van der Waals surface area contributed by atoms with Gasteiger partial charge >= 0.3 is 0 Å². The summed E-state index contributed by atoms with van der Waals surface area (Å²) in [5, 5.41) is 14.6. The first-order chi connectivity index (χ1) is 13.0. The molecule has 1 aromatic heterocycles. The number of carbonyl (C=O) groups excluding carboxylic acids is 1. The van der Waals surface area contributed by atoms with Gasteiger partial charge in [-0.1, -0.05) is 0 Å². The summed E-state index contributed by atoms with van der Waals surface area (Å²) >= 11 is 1.53. The minimum atomic E-state index is -0.310. The number of anilines is 2. The topological polar surface area (TPSA) is 82.8 Å². The molecule has 0 aromatic carbocycles. The van der Waals surface area contributed by atoms with Gasteiger partial charge in [-0.2, -0.15) is 0 Å². The minimum absolute atomic E-state index is 0.136. The number of aromatic hydroxyl groups is 1. The van der Waals surface area contributed by atoms with Crippen LogP contribution in [0, 0.1) is 0 Å². The van der Waals surface area contributed by atoms with Crippen LogP contribution in [0.5, 0.6) is 5.75 Å². The third-order valence-electron chi connectivity index (χ3n) is 4.67. The molecule has 0 bridgehead atoms. The summed E-state index contributed by atoms with van der Waals surface area (Å²) in [5.74, 6) is 0.135. The molecule has 0 saturated carbocycles. The van der Waals surface area contributed by atoms with Gasteiger partial charge < -0.3 is 19.7 Å². The fourth-order valence-corrected chi connectivity index (χ4v) is 4.44. The van der Waals surface area contributed by atoms with E-state index in [1.54, 1.807) is 6.07 Å². The third-order valence-corrected chi connectivity index (χ3v) is 5.82. The number of fused-ring (bicyclic) bond motifs is 1. The number of hydrogen-bond donors (Lipinski definition) is 2. The second-order valence-corrected chi connectivity index (χ2v) is 7.74. The van der Waals surface area contributed by atoms with Gasteiger partial charge in [0.2, 0.25) is 5.91 Å². The van der Waals surface area contributed by atoms with E-state index in [0.29, 0.717) is 11.3 Å². The Hall–Kier alpha value is -2.80. The Labute approximate surface area is 160 Å². The van der Waals surface area contributed by atoms with E-state index in [1.807, 2.05) is 12.1 Å². The average Bonchev–Trinajstić information content (AvgIpc) is 3.14. The molecular formula is C20H20N2O4S. The smallest absolute Gasteiger partial charge is 0.221 e. The molecule has 4 rings (SSSR count). The van der Waals surface area contributed by atoms with Crippen LogP contribution in [0.1, 0.15) is 26.2 Å². The molecule has 1 aliphatic carbocycles. The molecule has 7 heteroatoms. The van der Waals surface area contributed by atoms with Crippen LogP contribution in [0.15, 0.2) is 39.5 Å².